The Bertz CT molecular complexity index is 1270. The molecule has 2 aromatic rings. The molecule has 2 atom stereocenters. The van der Waals surface area contributed by atoms with Crippen LogP contribution in [0.25, 0.3) is 0 Å². The first-order valence-corrected chi connectivity index (χ1v) is 13.4. The van der Waals surface area contributed by atoms with Gasteiger partial charge in [-0.1, -0.05) is 31.2 Å². The van der Waals surface area contributed by atoms with Gasteiger partial charge in [-0.05, 0) is 48.3 Å². The number of thioether (sulfide) groups is 1. The highest BCUT2D eigenvalue weighted by Gasteiger charge is 2.41. The summed E-state index contributed by atoms with van der Waals surface area (Å²) in [7, 11) is 1.61. The molecule has 4 rings (SSSR count). The number of nitro benzene ring substituents is 1. The van der Waals surface area contributed by atoms with Crippen molar-refractivity contribution in [2.75, 3.05) is 25.2 Å². The zero-order valence-corrected chi connectivity index (χ0v) is 21.9. The van der Waals surface area contributed by atoms with Crippen molar-refractivity contribution in [1.29, 1.82) is 0 Å². The normalized spacial score (nSPS) is 19.3. The van der Waals surface area contributed by atoms with E-state index in [0.29, 0.717) is 34.6 Å². The molecule has 0 spiro atoms. The third kappa shape index (κ3) is 5.72. The average molecular weight is 523 g/mol. The van der Waals surface area contributed by atoms with E-state index in [1.165, 1.54) is 12.1 Å². The summed E-state index contributed by atoms with van der Waals surface area (Å²) >= 11 is 1.66. The zero-order valence-electron chi connectivity index (χ0n) is 21.1. The molecule has 9 heteroatoms. The number of non-ortho nitro benzene ring substituents is 1. The van der Waals surface area contributed by atoms with Gasteiger partial charge in [-0.25, -0.2) is 4.79 Å². The Kier molecular flexibility index (Phi) is 8.33. The van der Waals surface area contributed by atoms with E-state index in [1.807, 2.05) is 31.2 Å². The molecule has 0 aromatic heterocycles. The average Bonchev–Trinajstić information content (AvgIpc) is 2.90. The molecule has 0 bridgehead atoms. The fourth-order valence-electron chi connectivity index (χ4n) is 4.99. The van der Waals surface area contributed by atoms with E-state index in [1.54, 1.807) is 37.9 Å². The molecule has 1 heterocycles. The number of nitro groups is 1. The number of carbonyl (C=O) groups is 2. The van der Waals surface area contributed by atoms with Gasteiger partial charge in [0.05, 0.1) is 17.6 Å². The third-order valence-electron chi connectivity index (χ3n) is 6.71. The van der Waals surface area contributed by atoms with Crippen molar-refractivity contribution in [3.8, 4) is 5.75 Å². The minimum absolute atomic E-state index is 0.0391. The van der Waals surface area contributed by atoms with Gasteiger partial charge in [-0.15, -0.1) is 0 Å². The number of nitrogens with zero attached hydrogens (tertiary/aromatic N) is 1. The van der Waals surface area contributed by atoms with Crippen molar-refractivity contribution >= 4 is 29.2 Å². The number of methoxy groups -OCH3 is 1. The van der Waals surface area contributed by atoms with Gasteiger partial charge in [-0.2, -0.15) is 11.8 Å². The summed E-state index contributed by atoms with van der Waals surface area (Å²) in [5.74, 6) is 0.929. The Morgan fingerprint density at radius 3 is 2.59 bits per heavy atom. The highest BCUT2D eigenvalue weighted by Crippen LogP contribution is 2.46. The molecule has 0 saturated heterocycles. The van der Waals surface area contributed by atoms with Crippen LogP contribution in [0.3, 0.4) is 0 Å². The number of ketones is 1. The van der Waals surface area contributed by atoms with Crippen molar-refractivity contribution in [2.24, 2.45) is 0 Å². The monoisotopic (exact) mass is 522 g/mol. The summed E-state index contributed by atoms with van der Waals surface area (Å²) in [5.41, 5.74) is 3.57. The molecule has 0 fully saturated rings. The van der Waals surface area contributed by atoms with Crippen molar-refractivity contribution < 1.29 is 24.0 Å². The van der Waals surface area contributed by atoms with Crippen LogP contribution in [-0.2, 0) is 14.3 Å². The molecule has 194 valence electrons. The Labute approximate surface area is 220 Å². The first-order chi connectivity index (χ1) is 17.8. The van der Waals surface area contributed by atoms with E-state index in [4.69, 9.17) is 9.47 Å². The molecule has 1 aliphatic heterocycles. The number of rotatable bonds is 9. The van der Waals surface area contributed by atoms with Crippen LogP contribution in [0.5, 0.6) is 5.75 Å². The first kappa shape index (κ1) is 26.5. The van der Waals surface area contributed by atoms with Crippen LogP contribution in [0.2, 0.25) is 0 Å². The van der Waals surface area contributed by atoms with E-state index < -0.39 is 16.8 Å². The van der Waals surface area contributed by atoms with Crippen LogP contribution in [0.1, 0.15) is 49.7 Å². The second-order valence-electron chi connectivity index (χ2n) is 8.98. The van der Waals surface area contributed by atoms with Gasteiger partial charge in [0, 0.05) is 47.2 Å². The van der Waals surface area contributed by atoms with Crippen molar-refractivity contribution in [3.63, 3.8) is 0 Å². The Morgan fingerprint density at radius 1 is 1.16 bits per heavy atom. The summed E-state index contributed by atoms with van der Waals surface area (Å²) in [6.07, 6.45) is 0.846. The quantitative estimate of drug-likeness (QED) is 0.206. The number of allylic oxidation sites excluding steroid dienone is 3. The second-order valence-corrected chi connectivity index (χ2v) is 10.4. The number of benzene rings is 2. The lowest BCUT2D eigenvalue weighted by molar-refractivity contribution is -0.384. The SMILES string of the molecule is CCSCCOC(=O)C1=C(C)NC2=C(C(=O)C[C@@H](c3ccc(OC)cc3)C2)[C@@H]1c1cccc([N+](=O)[O-])c1. The standard InChI is InChI=1S/C28H30N2O6S/c1-4-37-13-12-36-28(32)25-17(2)29-23-15-20(18-8-10-22(35-3)11-9-18)16-24(31)27(23)26(25)19-6-5-7-21(14-19)30(33)34/h5-11,14,20,26,29H,4,12-13,15-16H2,1-3H3/t20-,26+/m0/s1. The summed E-state index contributed by atoms with van der Waals surface area (Å²) in [6.45, 7) is 4.06. The van der Waals surface area contributed by atoms with E-state index in [2.05, 4.69) is 5.32 Å². The summed E-state index contributed by atoms with van der Waals surface area (Å²) in [6, 6.07) is 13.8. The smallest absolute Gasteiger partial charge is 0.336 e. The topological polar surface area (TPSA) is 108 Å². The van der Waals surface area contributed by atoms with Gasteiger partial charge >= 0.3 is 5.97 Å². The largest absolute Gasteiger partial charge is 0.497 e. The lowest BCUT2D eigenvalue weighted by atomic mass is 9.71. The maximum Gasteiger partial charge on any atom is 0.336 e. The number of esters is 1. The van der Waals surface area contributed by atoms with Gasteiger partial charge < -0.3 is 14.8 Å². The van der Waals surface area contributed by atoms with Crippen LogP contribution < -0.4 is 10.1 Å². The number of nitrogens with one attached hydrogen (secondary N) is 1. The molecule has 2 aromatic carbocycles. The molecule has 0 saturated carbocycles. The molecular weight excluding hydrogens is 492 g/mol. The molecule has 0 amide bonds. The number of ether oxygens (including phenoxy) is 2. The minimum atomic E-state index is -0.744. The lowest BCUT2D eigenvalue weighted by Crippen LogP contribution is -2.36. The van der Waals surface area contributed by atoms with Crippen LogP contribution >= 0.6 is 11.8 Å². The van der Waals surface area contributed by atoms with E-state index in [-0.39, 0.29) is 30.4 Å². The maximum absolute atomic E-state index is 13.7. The Balaban J connectivity index is 1.73. The van der Waals surface area contributed by atoms with Crippen molar-refractivity contribution in [3.05, 3.63) is 92.3 Å². The number of hydrogen-bond acceptors (Lipinski definition) is 8. The van der Waals surface area contributed by atoms with Gasteiger partial charge in [0.25, 0.3) is 5.69 Å². The minimum Gasteiger partial charge on any atom is -0.497 e. The lowest BCUT2D eigenvalue weighted by Gasteiger charge is -2.36. The van der Waals surface area contributed by atoms with Gasteiger partial charge in [0.15, 0.2) is 5.78 Å². The maximum atomic E-state index is 13.7. The van der Waals surface area contributed by atoms with Crippen molar-refractivity contribution in [1.82, 2.24) is 5.32 Å². The molecule has 2 aliphatic rings. The summed E-state index contributed by atoms with van der Waals surface area (Å²) < 4.78 is 10.8. The van der Waals surface area contributed by atoms with Crippen molar-refractivity contribution in [2.45, 2.75) is 38.5 Å². The Morgan fingerprint density at radius 2 is 1.92 bits per heavy atom. The molecule has 1 aliphatic carbocycles. The van der Waals surface area contributed by atoms with Gasteiger partial charge in [0.2, 0.25) is 0 Å². The second kappa shape index (κ2) is 11.6. The molecule has 37 heavy (non-hydrogen) atoms. The number of carbonyl (C=O) groups excluding carboxylic acids is 2. The highest BCUT2D eigenvalue weighted by atomic mass is 32.2. The van der Waals surface area contributed by atoms with Gasteiger partial charge in [0.1, 0.15) is 12.4 Å². The van der Waals surface area contributed by atoms with Crippen LogP contribution in [0.15, 0.2) is 71.1 Å². The van der Waals surface area contributed by atoms with Crippen LogP contribution in [0.4, 0.5) is 5.69 Å². The molecule has 0 unspecified atom stereocenters. The van der Waals surface area contributed by atoms with E-state index >= 15 is 0 Å². The number of Topliss-reactive ketones (excluding diaryl/α,β-unsaturated/α-hetero) is 1. The molecule has 1 N–H and O–H groups in total. The Hall–Kier alpha value is -3.59. The fourth-order valence-corrected chi connectivity index (χ4v) is 5.48. The van der Waals surface area contributed by atoms with Crippen LogP contribution in [0, 0.1) is 10.1 Å². The summed E-state index contributed by atoms with van der Waals surface area (Å²) in [4.78, 5) is 38.0. The van der Waals surface area contributed by atoms with E-state index in [9.17, 15) is 19.7 Å². The predicted molar refractivity (Wildman–Crippen MR) is 143 cm³/mol. The fraction of sp³-hybridized carbons (Fsp3) is 0.357. The number of dihydropyridines is 1. The third-order valence-corrected chi connectivity index (χ3v) is 7.58. The number of hydrogen-bond donors (Lipinski definition) is 1. The summed E-state index contributed by atoms with van der Waals surface area (Å²) in [5, 5.41) is 14.8. The molecular formula is C28H30N2O6S. The zero-order chi connectivity index (χ0) is 26.5. The van der Waals surface area contributed by atoms with E-state index in [0.717, 1.165) is 22.8 Å². The molecule has 8 nitrogen and oxygen atoms in total. The van der Waals surface area contributed by atoms with Crippen LogP contribution in [-0.4, -0.2) is 41.9 Å². The predicted octanol–water partition coefficient (Wildman–Crippen LogP) is 5.26. The first-order valence-electron chi connectivity index (χ1n) is 12.2. The molecule has 0 radical (unpaired) electrons. The highest BCUT2D eigenvalue weighted by molar-refractivity contribution is 7.99. The van der Waals surface area contributed by atoms with Gasteiger partial charge in [-0.3, -0.25) is 14.9 Å².